The molecule has 1 heterocycles. The smallest absolute Gasteiger partial charge is 0.342 e. The van der Waals surface area contributed by atoms with Crippen molar-refractivity contribution in [3.63, 3.8) is 0 Å². The molecule has 1 aliphatic heterocycles. The topological polar surface area (TPSA) is 135 Å². The van der Waals surface area contributed by atoms with E-state index in [2.05, 4.69) is 0 Å². The third kappa shape index (κ3) is 4.46. The highest BCUT2D eigenvalue weighted by Gasteiger charge is 2.66. The van der Waals surface area contributed by atoms with E-state index in [1.807, 2.05) is 6.92 Å². The fraction of sp³-hybridized carbons (Fsp3) is 0.760. The zero-order valence-corrected chi connectivity index (χ0v) is 21.7. The summed E-state index contributed by atoms with van der Waals surface area (Å²) >= 11 is 0. The van der Waals surface area contributed by atoms with Gasteiger partial charge in [-0.1, -0.05) is 6.92 Å². The molecule has 3 rings (SSSR count). The maximum absolute atomic E-state index is 13.0. The molecule has 0 unspecified atom stereocenters. The second kappa shape index (κ2) is 8.89. The fourth-order valence-corrected chi connectivity index (χ4v) is 6.02. The van der Waals surface area contributed by atoms with Crippen LogP contribution in [0.1, 0.15) is 74.1 Å². The van der Waals surface area contributed by atoms with Crippen molar-refractivity contribution >= 4 is 23.9 Å². The van der Waals surface area contributed by atoms with E-state index in [9.17, 15) is 24.3 Å². The molecule has 0 aromatic carbocycles. The average molecular weight is 497 g/mol. The highest BCUT2D eigenvalue weighted by atomic mass is 16.7. The SMILES string of the molecule is CO[C@]12C[C@@]3(C)CC[C@@H](OC(=O)[C@@](C)(O)[C@H](C)OC(C)=O)[C@@](C)(OC(C)=O)[C@@H]3CC1=C(C)C(=O)O2. The first-order chi connectivity index (χ1) is 16.0. The molecule has 35 heavy (non-hydrogen) atoms. The van der Waals surface area contributed by atoms with Crippen LogP contribution >= 0.6 is 0 Å². The van der Waals surface area contributed by atoms with Crippen LogP contribution in [-0.2, 0) is 42.9 Å². The normalized spacial score (nSPS) is 36.8. The summed E-state index contributed by atoms with van der Waals surface area (Å²) in [7, 11) is 1.50. The summed E-state index contributed by atoms with van der Waals surface area (Å²) in [5.41, 5.74) is -2.73. The summed E-state index contributed by atoms with van der Waals surface area (Å²) in [5.74, 6) is -4.15. The molecular formula is C25H36O10. The molecule has 0 spiro atoms. The van der Waals surface area contributed by atoms with Crippen molar-refractivity contribution in [2.75, 3.05) is 7.11 Å². The van der Waals surface area contributed by atoms with Crippen LogP contribution in [0.5, 0.6) is 0 Å². The molecule has 0 saturated heterocycles. The molecule has 10 nitrogen and oxygen atoms in total. The Hall–Kier alpha value is -2.46. The van der Waals surface area contributed by atoms with Crippen LogP contribution in [0.15, 0.2) is 11.1 Å². The number of aliphatic hydroxyl groups is 1. The fourth-order valence-electron chi connectivity index (χ4n) is 6.02. The molecule has 7 atom stereocenters. The Morgan fingerprint density at radius 3 is 2.37 bits per heavy atom. The van der Waals surface area contributed by atoms with Crippen LogP contribution in [0.2, 0.25) is 0 Å². The minimum Gasteiger partial charge on any atom is -0.459 e. The number of carbonyl (C=O) groups excluding carboxylic acids is 4. The average Bonchev–Trinajstić information content (AvgIpc) is 2.97. The van der Waals surface area contributed by atoms with Gasteiger partial charge in [0.05, 0.1) is 0 Å². The van der Waals surface area contributed by atoms with Crippen molar-refractivity contribution < 1.29 is 48.0 Å². The molecule has 1 N–H and O–H groups in total. The first kappa shape index (κ1) is 27.1. The van der Waals surface area contributed by atoms with E-state index < -0.39 is 58.5 Å². The number of methoxy groups -OCH3 is 1. The summed E-state index contributed by atoms with van der Waals surface area (Å²) in [6.07, 6.45) is -0.469. The first-order valence-corrected chi connectivity index (χ1v) is 11.8. The molecular weight excluding hydrogens is 460 g/mol. The Morgan fingerprint density at radius 1 is 1.20 bits per heavy atom. The Kier molecular flexibility index (Phi) is 6.89. The van der Waals surface area contributed by atoms with Crippen LogP contribution in [-0.4, -0.2) is 65.3 Å². The monoisotopic (exact) mass is 496 g/mol. The van der Waals surface area contributed by atoms with Gasteiger partial charge in [0.1, 0.15) is 17.8 Å². The second-order valence-corrected chi connectivity index (χ2v) is 10.6. The van der Waals surface area contributed by atoms with Gasteiger partial charge >= 0.3 is 23.9 Å². The molecule has 2 fully saturated rings. The van der Waals surface area contributed by atoms with Gasteiger partial charge in [-0.05, 0) is 52.4 Å². The molecule has 0 amide bonds. The maximum Gasteiger partial charge on any atom is 0.342 e. The molecule has 196 valence electrons. The zero-order chi connectivity index (χ0) is 26.6. The molecule has 2 saturated carbocycles. The van der Waals surface area contributed by atoms with Crippen molar-refractivity contribution in [3.05, 3.63) is 11.1 Å². The van der Waals surface area contributed by atoms with Crippen molar-refractivity contribution in [2.45, 2.75) is 103 Å². The van der Waals surface area contributed by atoms with Crippen LogP contribution in [0, 0.1) is 11.3 Å². The lowest BCUT2D eigenvalue weighted by Gasteiger charge is -2.58. The molecule has 0 bridgehead atoms. The van der Waals surface area contributed by atoms with Gasteiger partial charge in [-0.15, -0.1) is 0 Å². The van der Waals surface area contributed by atoms with E-state index in [-0.39, 0.29) is 5.92 Å². The molecule has 10 heteroatoms. The van der Waals surface area contributed by atoms with Crippen molar-refractivity contribution in [2.24, 2.45) is 11.3 Å². The summed E-state index contributed by atoms with van der Waals surface area (Å²) in [4.78, 5) is 49.0. The highest BCUT2D eigenvalue weighted by molar-refractivity contribution is 5.92. The lowest BCUT2D eigenvalue weighted by Crippen LogP contribution is -2.64. The summed E-state index contributed by atoms with van der Waals surface area (Å²) < 4.78 is 28.0. The lowest BCUT2D eigenvalue weighted by molar-refractivity contribution is -0.257. The number of hydrogen-bond acceptors (Lipinski definition) is 10. The van der Waals surface area contributed by atoms with Crippen LogP contribution in [0.4, 0.5) is 0 Å². The highest BCUT2D eigenvalue weighted by Crippen LogP contribution is 2.62. The van der Waals surface area contributed by atoms with E-state index in [4.69, 9.17) is 23.7 Å². The second-order valence-electron chi connectivity index (χ2n) is 10.6. The van der Waals surface area contributed by atoms with Gasteiger partial charge in [0.15, 0.2) is 5.60 Å². The minimum atomic E-state index is -2.12. The quantitative estimate of drug-likeness (QED) is 0.431. The van der Waals surface area contributed by atoms with Gasteiger partial charge in [0.2, 0.25) is 5.79 Å². The van der Waals surface area contributed by atoms with E-state index >= 15 is 0 Å². The Morgan fingerprint density at radius 2 is 1.83 bits per heavy atom. The summed E-state index contributed by atoms with van der Waals surface area (Å²) in [5, 5.41) is 10.8. The predicted octanol–water partition coefficient (Wildman–Crippen LogP) is 2.35. The van der Waals surface area contributed by atoms with Gasteiger partial charge in [0.25, 0.3) is 0 Å². The number of esters is 4. The van der Waals surface area contributed by atoms with E-state index in [1.54, 1.807) is 13.8 Å². The predicted molar refractivity (Wildman–Crippen MR) is 120 cm³/mol. The summed E-state index contributed by atoms with van der Waals surface area (Å²) in [6.45, 7) is 10.5. The lowest BCUT2D eigenvalue weighted by atomic mass is 9.52. The Labute approximate surface area is 205 Å². The summed E-state index contributed by atoms with van der Waals surface area (Å²) in [6, 6.07) is 0. The largest absolute Gasteiger partial charge is 0.459 e. The molecule has 0 aromatic rings. The molecule has 3 aliphatic rings. The molecule has 2 aliphatic carbocycles. The van der Waals surface area contributed by atoms with E-state index in [0.717, 1.165) is 0 Å². The number of carbonyl (C=O) groups is 4. The Bertz CT molecular complexity index is 967. The first-order valence-electron chi connectivity index (χ1n) is 11.8. The van der Waals surface area contributed by atoms with Crippen molar-refractivity contribution in [1.29, 1.82) is 0 Å². The van der Waals surface area contributed by atoms with Crippen molar-refractivity contribution in [1.82, 2.24) is 0 Å². The van der Waals surface area contributed by atoms with Crippen LogP contribution in [0.3, 0.4) is 0 Å². The van der Waals surface area contributed by atoms with E-state index in [1.165, 1.54) is 34.8 Å². The van der Waals surface area contributed by atoms with Gasteiger partial charge in [-0.25, -0.2) is 9.59 Å². The van der Waals surface area contributed by atoms with Crippen LogP contribution in [0.25, 0.3) is 0 Å². The third-order valence-corrected chi connectivity index (χ3v) is 8.16. The van der Waals surface area contributed by atoms with Gasteiger partial charge in [-0.2, -0.15) is 0 Å². The zero-order valence-electron chi connectivity index (χ0n) is 21.7. The number of rotatable bonds is 6. The van der Waals surface area contributed by atoms with Gasteiger partial charge in [-0.3, -0.25) is 9.59 Å². The molecule has 0 aromatic heterocycles. The van der Waals surface area contributed by atoms with Crippen LogP contribution < -0.4 is 0 Å². The maximum atomic E-state index is 13.0. The minimum absolute atomic E-state index is 0.326. The van der Waals surface area contributed by atoms with E-state index in [0.29, 0.717) is 36.8 Å². The number of ether oxygens (including phenoxy) is 5. The van der Waals surface area contributed by atoms with Gasteiger partial charge in [0, 0.05) is 44.4 Å². The van der Waals surface area contributed by atoms with Crippen molar-refractivity contribution in [3.8, 4) is 0 Å². The molecule has 0 radical (unpaired) electrons. The number of fused-ring (bicyclic) bond motifs is 2. The van der Waals surface area contributed by atoms with Gasteiger partial charge < -0.3 is 28.8 Å². The third-order valence-electron chi connectivity index (χ3n) is 8.16. The standard InChI is InChI=1S/C25H36O10/c1-13-17-11-18-22(5,12-25(17,31-8)35-20(13)28)10-9-19(24(18,7)34-16(4)27)33-21(29)23(6,30)14(2)32-15(3)26/h14,18-19,30H,9-12H2,1-8H3/t14-,18+,19+,22+,23-,24-,25-/m0/s1. The Balaban J connectivity index is 1.97. The number of hydrogen-bond donors (Lipinski definition) is 1.